The Hall–Kier alpha value is -0.790. The summed E-state index contributed by atoms with van der Waals surface area (Å²) in [6.45, 7) is 4.28. The van der Waals surface area contributed by atoms with Crippen LogP contribution in [-0.4, -0.2) is 17.8 Å². The summed E-state index contributed by atoms with van der Waals surface area (Å²) in [6, 6.07) is 0. The molecule has 2 heteroatoms. The average Bonchev–Trinajstić information content (AvgIpc) is 2.13. The summed E-state index contributed by atoms with van der Waals surface area (Å²) < 4.78 is 0. The summed E-state index contributed by atoms with van der Waals surface area (Å²) in [4.78, 5) is 6.22. The van der Waals surface area contributed by atoms with Crippen LogP contribution in [0.15, 0.2) is 12.4 Å². The lowest BCUT2D eigenvalue weighted by Gasteiger charge is -2.03. The van der Waals surface area contributed by atoms with Crippen molar-refractivity contribution in [1.82, 2.24) is 9.89 Å². The van der Waals surface area contributed by atoms with Gasteiger partial charge in [0.15, 0.2) is 6.20 Å². The Kier molecular flexibility index (Phi) is 1.56. The number of aliphatic imine (C=N–C) groups is 1. The molecule has 1 aliphatic heterocycles. The van der Waals surface area contributed by atoms with Gasteiger partial charge in [-0.15, -0.1) is 0 Å². The van der Waals surface area contributed by atoms with Crippen molar-refractivity contribution in [2.75, 3.05) is 7.05 Å². The minimum Gasteiger partial charge on any atom is -0.233 e. The minimum absolute atomic E-state index is 0.532. The van der Waals surface area contributed by atoms with E-state index in [1.54, 1.807) is 0 Å². The predicted octanol–water partition coefficient (Wildman–Crippen LogP) is 0.793. The molecule has 0 amide bonds. The highest BCUT2D eigenvalue weighted by atomic mass is 15.2. The molecule has 0 aromatic carbocycles. The summed E-state index contributed by atoms with van der Waals surface area (Å²) in [5.74, 6) is 1.68. The SMILES string of the molecule is CC(C)C1=[N+]C=CN1C. The van der Waals surface area contributed by atoms with Gasteiger partial charge in [-0.3, -0.25) is 0 Å². The molecule has 0 aliphatic carbocycles. The monoisotopic (exact) mass is 124 g/mol. The summed E-state index contributed by atoms with van der Waals surface area (Å²) in [5, 5.41) is 0. The Labute approximate surface area is 55.9 Å². The van der Waals surface area contributed by atoms with Crippen LogP contribution in [0, 0.1) is 5.92 Å². The number of hydrogen-bond donors (Lipinski definition) is 0. The van der Waals surface area contributed by atoms with Gasteiger partial charge in [0.25, 0.3) is 0 Å². The van der Waals surface area contributed by atoms with E-state index in [4.69, 9.17) is 0 Å². The van der Waals surface area contributed by atoms with Crippen molar-refractivity contribution >= 4 is 5.84 Å². The number of hydrogen-bond acceptors (Lipinski definition) is 2. The first kappa shape index (κ1) is 6.33. The van der Waals surface area contributed by atoms with Crippen molar-refractivity contribution in [3.05, 3.63) is 12.4 Å². The fraction of sp³-hybridized carbons (Fsp3) is 0.571. The molecule has 9 heavy (non-hydrogen) atoms. The van der Waals surface area contributed by atoms with Crippen LogP contribution in [0.1, 0.15) is 13.8 Å². The van der Waals surface area contributed by atoms with Crippen LogP contribution >= 0.6 is 0 Å². The molecule has 0 bridgehead atoms. The quantitative estimate of drug-likeness (QED) is 0.505. The van der Waals surface area contributed by atoms with E-state index >= 15 is 0 Å². The zero-order chi connectivity index (χ0) is 6.85. The second kappa shape index (κ2) is 2.21. The lowest BCUT2D eigenvalue weighted by Crippen LogP contribution is -2.25. The van der Waals surface area contributed by atoms with Crippen LogP contribution in [0.5, 0.6) is 0 Å². The van der Waals surface area contributed by atoms with Crippen molar-refractivity contribution in [2.45, 2.75) is 13.8 Å². The maximum Gasteiger partial charge on any atom is 0.300 e. The zero-order valence-electron chi connectivity index (χ0n) is 6.13. The standard InChI is InChI=1S/C7H12N2/c1-6(2)7-8-4-5-9(7)3/h4-6H,1-3H3/q+1. The van der Waals surface area contributed by atoms with Crippen molar-refractivity contribution in [2.24, 2.45) is 5.92 Å². The third-order valence-corrected chi connectivity index (χ3v) is 1.37. The molecular weight excluding hydrogens is 112 g/mol. The van der Waals surface area contributed by atoms with Gasteiger partial charge in [-0.1, -0.05) is 18.8 Å². The minimum atomic E-state index is 0.532. The Bertz CT molecular complexity index is 156. The van der Waals surface area contributed by atoms with Crippen molar-refractivity contribution < 1.29 is 0 Å². The fourth-order valence-electron chi connectivity index (χ4n) is 0.933. The molecule has 0 fully saturated rings. The molecule has 1 radical (unpaired) electrons. The molecule has 0 atom stereocenters. The van der Waals surface area contributed by atoms with E-state index in [-0.39, 0.29) is 0 Å². The molecule has 2 nitrogen and oxygen atoms in total. The van der Waals surface area contributed by atoms with E-state index in [2.05, 4.69) is 18.8 Å². The highest BCUT2D eigenvalue weighted by molar-refractivity contribution is 5.85. The molecule has 49 valence electrons. The second-order valence-corrected chi connectivity index (χ2v) is 2.55. The summed E-state index contributed by atoms with van der Waals surface area (Å²) in [7, 11) is 2.02. The van der Waals surface area contributed by atoms with Crippen LogP contribution in [0.2, 0.25) is 0 Å². The number of rotatable bonds is 1. The van der Waals surface area contributed by atoms with Crippen LogP contribution in [0.25, 0.3) is 0 Å². The van der Waals surface area contributed by atoms with Gasteiger partial charge in [-0.05, 0) is 0 Å². The molecule has 0 spiro atoms. The van der Waals surface area contributed by atoms with E-state index in [0.29, 0.717) is 5.92 Å². The summed E-state index contributed by atoms with van der Waals surface area (Å²) in [5.41, 5.74) is 0. The van der Waals surface area contributed by atoms with E-state index < -0.39 is 0 Å². The van der Waals surface area contributed by atoms with Crippen molar-refractivity contribution in [3.8, 4) is 0 Å². The van der Waals surface area contributed by atoms with Crippen LogP contribution in [-0.2, 0) is 0 Å². The molecule has 1 rings (SSSR count). The zero-order valence-corrected chi connectivity index (χ0v) is 6.13. The van der Waals surface area contributed by atoms with Gasteiger partial charge in [-0.2, -0.15) is 0 Å². The van der Waals surface area contributed by atoms with E-state index in [9.17, 15) is 0 Å². The Morgan fingerprint density at radius 3 is 2.44 bits per heavy atom. The average molecular weight is 124 g/mol. The first-order chi connectivity index (χ1) is 4.22. The molecular formula is C7H12N2+. The van der Waals surface area contributed by atoms with Gasteiger partial charge < -0.3 is 0 Å². The van der Waals surface area contributed by atoms with Gasteiger partial charge >= 0.3 is 5.84 Å². The maximum atomic E-state index is 4.18. The molecule has 1 aliphatic rings. The topological polar surface area (TPSA) is 17.3 Å². The number of nitrogens with zero attached hydrogens (tertiary/aromatic N) is 2. The lowest BCUT2D eigenvalue weighted by molar-refractivity contribution is 0.639. The third kappa shape index (κ3) is 1.12. The van der Waals surface area contributed by atoms with E-state index in [0.717, 1.165) is 5.84 Å². The van der Waals surface area contributed by atoms with Crippen LogP contribution in [0.4, 0.5) is 0 Å². The van der Waals surface area contributed by atoms with E-state index in [1.165, 1.54) is 0 Å². The molecule has 0 unspecified atom stereocenters. The van der Waals surface area contributed by atoms with Gasteiger partial charge in [0.05, 0.1) is 13.0 Å². The normalized spacial score (nSPS) is 17.3. The van der Waals surface area contributed by atoms with Gasteiger partial charge in [0, 0.05) is 0 Å². The van der Waals surface area contributed by atoms with Gasteiger partial charge in [-0.25, -0.2) is 4.90 Å². The van der Waals surface area contributed by atoms with Crippen molar-refractivity contribution in [1.29, 1.82) is 0 Å². The largest absolute Gasteiger partial charge is 0.300 e. The summed E-state index contributed by atoms with van der Waals surface area (Å²) >= 11 is 0. The Balaban J connectivity index is 2.64. The van der Waals surface area contributed by atoms with Gasteiger partial charge in [0.1, 0.15) is 6.20 Å². The number of amidine groups is 1. The lowest BCUT2D eigenvalue weighted by atomic mass is 10.2. The van der Waals surface area contributed by atoms with Crippen LogP contribution in [0.3, 0.4) is 0 Å². The highest BCUT2D eigenvalue weighted by Gasteiger charge is 2.22. The molecule has 0 aromatic rings. The van der Waals surface area contributed by atoms with Crippen molar-refractivity contribution in [3.63, 3.8) is 0 Å². The smallest absolute Gasteiger partial charge is 0.233 e. The second-order valence-electron chi connectivity index (χ2n) is 2.55. The summed E-state index contributed by atoms with van der Waals surface area (Å²) in [6.07, 6.45) is 3.80. The first-order valence-electron chi connectivity index (χ1n) is 3.19. The van der Waals surface area contributed by atoms with E-state index in [1.807, 2.05) is 24.3 Å². The molecule has 0 saturated heterocycles. The van der Waals surface area contributed by atoms with Crippen LogP contribution < -0.4 is 4.99 Å². The highest BCUT2D eigenvalue weighted by Crippen LogP contribution is 2.02. The van der Waals surface area contributed by atoms with Gasteiger partial charge in [0.2, 0.25) is 0 Å². The fourth-order valence-corrected chi connectivity index (χ4v) is 0.933. The molecule has 0 saturated carbocycles. The Morgan fingerprint density at radius 2 is 2.22 bits per heavy atom. The predicted molar refractivity (Wildman–Crippen MR) is 38.9 cm³/mol. The molecule has 1 heterocycles. The Morgan fingerprint density at radius 1 is 1.56 bits per heavy atom. The first-order valence-corrected chi connectivity index (χ1v) is 3.19. The maximum absolute atomic E-state index is 4.18. The third-order valence-electron chi connectivity index (χ3n) is 1.37. The molecule has 0 aromatic heterocycles. The molecule has 0 N–H and O–H groups in total.